The van der Waals surface area contributed by atoms with Crippen molar-refractivity contribution in [2.75, 3.05) is 0 Å². The molecule has 0 unspecified atom stereocenters. The molecule has 2 fully saturated rings. The Kier molecular flexibility index (Phi) is 3.21. The van der Waals surface area contributed by atoms with Gasteiger partial charge in [0.15, 0.2) is 0 Å². The average Bonchev–Trinajstić information content (AvgIpc) is 2.14. The Morgan fingerprint density at radius 2 is 1.64 bits per heavy atom. The number of carbonyl (C=O) groups excluding carboxylic acids is 2. The highest BCUT2D eigenvalue weighted by Gasteiger charge is 2.43. The Hall–Kier alpha value is -0.970. The minimum atomic E-state index is -0.624. The van der Waals surface area contributed by atoms with Gasteiger partial charge in [0.05, 0.1) is 0 Å². The fourth-order valence-corrected chi connectivity index (χ4v) is 2.05. The molecule has 2 rings (SSSR count). The van der Waals surface area contributed by atoms with Crippen LogP contribution >= 0.6 is 12.4 Å². The lowest BCUT2D eigenvalue weighted by Crippen LogP contribution is -2.70. The molecule has 0 aromatic heterocycles. The summed E-state index contributed by atoms with van der Waals surface area (Å²) in [4.78, 5) is 22.6. The van der Waals surface area contributed by atoms with Crippen molar-refractivity contribution in [1.29, 1.82) is 0 Å². The Bertz CT molecular complexity index is 251. The van der Waals surface area contributed by atoms with Gasteiger partial charge in [0, 0.05) is 0 Å². The van der Waals surface area contributed by atoms with Gasteiger partial charge in [0.1, 0.15) is 5.54 Å². The van der Waals surface area contributed by atoms with E-state index < -0.39 is 5.54 Å². The molecule has 1 saturated carbocycles. The highest BCUT2D eigenvalue weighted by Crippen LogP contribution is 2.28. The molecule has 0 aromatic carbocycles. The summed E-state index contributed by atoms with van der Waals surface area (Å²) in [5, 5.41) is 2.72. The van der Waals surface area contributed by atoms with Crippen LogP contribution in [0.4, 0.5) is 4.79 Å². The SMILES string of the molecule is Cl.O=C1NNC(=O)C2(CCCCC2)N1. The first-order valence-corrected chi connectivity index (χ1v) is 4.62. The number of hydrogen-bond donors (Lipinski definition) is 3. The number of hydrogen-bond acceptors (Lipinski definition) is 2. The van der Waals surface area contributed by atoms with Crippen molar-refractivity contribution >= 4 is 24.3 Å². The second kappa shape index (κ2) is 4.04. The van der Waals surface area contributed by atoms with Crippen LogP contribution < -0.4 is 16.2 Å². The Balaban J connectivity index is 0.000000980. The number of urea groups is 1. The lowest BCUT2D eigenvalue weighted by molar-refractivity contribution is -0.130. The maximum Gasteiger partial charge on any atom is 0.334 e. The van der Waals surface area contributed by atoms with Gasteiger partial charge < -0.3 is 5.32 Å². The summed E-state index contributed by atoms with van der Waals surface area (Å²) < 4.78 is 0. The van der Waals surface area contributed by atoms with E-state index in [0.29, 0.717) is 0 Å². The number of rotatable bonds is 0. The lowest BCUT2D eigenvalue weighted by atomic mass is 9.81. The summed E-state index contributed by atoms with van der Waals surface area (Å²) in [6.07, 6.45) is 4.68. The van der Waals surface area contributed by atoms with Crippen molar-refractivity contribution in [1.82, 2.24) is 16.2 Å². The zero-order chi connectivity index (χ0) is 9.31. The van der Waals surface area contributed by atoms with E-state index in [1.807, 2.05) is 0 Å². The minimum absolute atomic E-state index is 0. The van der Waals surface area contributed by atoms with Crippen LogP contribution in [0.5, 0.6) is 0 Å². The molecule has 6 heteroatoms. The fourth-order valence-electron chi connectivity index (χ4n) is 2.05. The molecule has 0 atom stereocenters. The van der Waals surface area contributed by atoms with E-state index in [0.717, 1.165) is 32.1 Å². The molecule has 5 nitrogen and oxygen atoms in total. The fraction of sp³-hybridized carbons (Fsp3) is 0.750. The lowest BCUT2D eigenvalue weighted by Gasteiger charge is -2.39. The molecular weight excluding hydrogens is 206 g/mol. The molecule has 1 aliphatic heterocycles. The molecule has 1 aliphatic carbocycles. The summed E-state index contributed by atoms with van der Waals surface area (Å²) >= 11 is 0. The van der Waals surface area contributed by atoms with Crippen LogP contribution in [0.25, 0.3) is 0 Å². The first-order valence-electron chi connectivity index (χ1n) is 4.62. The summed E-state index contributed by atoms with van der Waals surface area (Å²) in [5.41, 5.74) is 4.02. The molecule has 0 bridgehead atoms. The Morgan fingerprint density at radius 3 is 2.29 bits per heavy atom. The van der Waals surface area contributed by atoms with E-state index >= 15 is 0 Å². The molecule has 3 N–H and O–H groups in total. The van der Waals surface area contributed by atoms with Crippen LogP contribution in [0.15, 0.2) is 0 Å². The van der Waals surface area contributed by atoms with E-state index in [2.05, 4.69) is 16.2 Å². The summed E-state index contributed by atoms with van der Waals surface area (Å²) in [6, 6.07) is -0.304. The number of hydrazine groups is 1. The number of nitrogens with one attached hydrogen (secondary N) is 3. The number of carbonyl (C=O) groups is 2. The second-order valence-corrected chi connectivity index (χ2v) is 3.68. The molecular formula is C8H14ClN3O2. The van der Waals surface area contributed by atoms with Crippen LogP contribution in [0.2, 0.25) is 0 Å². The van der Waals surface area contributed by atoms with Crippen LogP contribution in [-0.2, 0) is 4.79 Å². The molecule has 3 amide bonds. The zero-order valence-corrected chi connectivity index (χ0v) is 8.58. The molecule has 14 heavy (non-hydrogen) atoms. The quantitative estimate of drug-likeness (QED) is 0.554. The first kappa shape index (κ1) is 11.1. The van der Waals surface area contributed by atoms with E-state index in [9.17, 15) is 9.59 Å². The standard InChI is InChI=1S/C8H13N3O2.ClH/c12-6-8(4-2-1-3-5-8)9-7(13)11-10-6;/h1-5H2,(H,10,12)(H2,9,11,13);1H. The van der Waals surface area contributed by atoms with Crippen molar-refractivity contribution in [2.45, 2.75) is 37.6 Å². The van der Waals surface area contributed by atoms with Gasteiger partial charge in [-0.2, -0.15) is 0 Å². The highest BCUT2D eigenvalue weighted by molar-refractivity contribution is 5.95. The molecule has 0 aromatic rings. The second-order valence-electron chi connectivity index (χ2n) is 3.68. The van der Waals surface area contributed by atoms with Gasteiger partial charge in [-0.15, -0.1) is 12.4 Å². The van der Waals surface area contributed by atoms with Gasteiger partial charge in [0.25, 0.3) is 5.91 Å². The van der Waals surface area contributed by atoms with E-state index in [-0.39, 0.29) is 24.3 Å². The van der Waals surface area contributed by atoms with Crippen LogP contribution in [-0.4, -0.2) is 17.5 Å². The Morgan fingerprint density at radius 1 is 1.00 bits per heavy atom. The molecule has 80 valence electrons. The third kappa shape index (κ3) is 1.77. The molecule has 1 saturated heterocycles. The number of amides is 3. The van der Waals surface area contributed by atoms with Crippen molar-refractivity contribution in [3.63, 3.8) is 0 Å². The van der Waals surface area contributed by atoms with E-state index in [4.69, 9.17) is 0 Å². The normalized spacial score (nSPS) is 24.3. The van der Waals surface area contributed by atoms with E-state index in [1.165, 1.54) is 0 Å². The molecule has 2 aliphatic rings. The predicted octanol–water partition coefficient (Wildman–Crippen LogP) is 0.455. The minimum Gasteiger partial charge on any atom is -0.322 e. The van der Waals surface area contributed by atoms with Gasteiger partial charge >= 0.3 is 6.03 Å². The summed E-state index contributed by atoms with van der Waals surface area (Å²) in [5.74, 6) is -0.105. The third-order valence-electron chi connectivity index (χ3n) is 2.78. The van der Waals surface area contributed by atoms with Gasteiger partial charge in [-0.05, 0) is 12.8 Å². The molecule has 1 spiro atoms. The van der Waals surface area contributed by atoms with Crippen molar-refractivity contribution < 1.29 is 9.59 Å². The number of halogens is 1. The predicted molar refractivity (Wildman–Crippen MR) is 52.9 cm³/mol. The van der Waals surface area contributed by atoms with Crippen LogP contribution in [0.1, 0.15) is 32.1 Å². The van der Waals surface area contributed by atoms with Crippen LogP contribution in [0, 0.1) is 0 Å². The van der Waals surface area contributed by atoms with Gasteiger partial charge in [-0.1, -0.05) is 19.3 Å². The Labute approximate surface area is 88.4 Å². The highest BCUT2D eigenvalue weighted by atomic mass is 35.5. The van der Waals surface area contributed by atoms with E-state index in [1.54, 1.807) is 0 Å². The van der Waals surface area contributed by atoms with Gasteiger partial charge in [-0.3, -0.25) is 10.2 Å². The van der Waals surface area contributed by atoms with Crippen molar-refractivity contribution in [3.05, 3.63) is 0 Å². The average molecular weight is 220 g/mol. The van der Waals surface area contributed by atoms with Gasteiger partial charge in [-0.25, -0.2) is 10.2 Å². The van der Waals surface area contributed by atoms with Crippen LogP contribution in [0.3, 0.4) is 0 Å². The summed E-state index contributed by atoms with van der Waals surface area (Å²) in [7, 11) is 0. The summed E-state index contributed by atoms with van der Waals surface area (Å²) in [6.45, 7) is 0. The topological polar surface area (TPSA) is 70.2 Å². The maximum atomic E-state index is 11.5. The largest absolute Gasteiger partial charge is 0.334 e. The molecule has 0 radical (unpaired) electrons. The monoisotopic (exact) mass is 219 g/mol. The van der Waals surface area contributed by atoms with Gasteiger partial charge in [0.2, 0.25) is 0 Å². The maximum absolute atomic E-state index is 11.5. The molecule has 1 heterocycles. The third-order valence-corrected chi connectivity index (χ3v) is 2.78. The smallest absolute Gasteiger partial charge is 0.322 e. The zero-order valence-electron chi connectivity index (χ0n) is 7.76. The van der Waals surface area contributed by atoms with Crippen molar-refractivity contribution in [2.24, 2.45) is 0 Å². The van der Waals surface area contributed by atoms with Crippen molar-refractivity contribution in [3.8, 4) is 0 Å². The first-order chi connectivity index (χ1) is 6.23.